The number of fused-ring (bicyclic) bond motifs is 4. The third-order valence-electron chi connectivity index (χ3n) is 11.2. The van der Waals surface area contributed by atoms with Crippen LogP contribution in [0.5, 0.6) is 0 Å². The van der Waals surface area contributed by atoms with Crippen LogP contribution in [-0.2, 0) is 44.8 Å². The molecule has 11 rings (SSSR count). The van der Waals surface area contributed by atoms with Crippen molar-refractivity contribution in [2.45, 2.75) is 0 Å². The van der Waals surface area contributed by atoms with Gasteiger partial charge in [-0.15, -0.1) is 11.1 Å². The van der Waals surface area contributed by atoms with Gasteiger partial charge in [0.15, 0.2) is 10.9 Å². The van der Waals surface area contributed by atoms with Gasteiger partial charge in [-0.2, -0.15) is 0 Å². The molecule has 66 heavy (non-hydrogen) atoms. The minimum Gasteiger partial charge on any atom is -0.366 e. The molecule has 0 bridgehead atoms. The van der Waals surface area contributed by atoms with Gasteiger partial charge in [0.1, 0.15) is 37.1 Å². The van der Waals surface area contributed by atoms with Crippen LogP contribution < -0.4 is 32.1 Å². The van der Waals surface area contributed by atoms with Gasteiger partial charge in [0.05, 0.1) is 0 Å². The summed E-state index contributed by atoms with van der Waals surface area (Å²) in [6.45, 7) is 0. The standard InChI is InChI=1S/C28H22N2P2.2C16H9.2Au/c1-3-13-23(14-4-1)31(27-19-9-11-21-29-27)25-17-7-8-18-26(25)32(24-15-5-2-6-16-24)28-20-10-12-22-30-28;2*1-2-14-15-9-5-3-7-12(15)11-13-8-4-6-10-16(13)14;;/h1-22H;2*3-11H;;/q;2*-1;2*+1/p+2. The summed E-state index contributed by atoms with van der Waals surface area (Å²) in [5.74, 6) is 5.13. The fourth-order valence-corrected chi connectivity index (χ4v) is 14.1. The molecular weight excluding hydrogens is 1200 g/mol. The van der Waals surface area contributed by atoms with E-state index in [1.807, 2.05) is 97.3 Å². The summed E-state index contributed by atoms with van der Waals surface area (Å²) in [5.41, 5.74) is 4.08. The number of hydrogen-bond donors (Lipinski definition) is 0. The van der Waals surface area contributed by atoms with Crippen molar-refractivity contribution >= 4 is 91.0 Å². The Balaban J connectivity index is 0.000000160. The van der Waals surface area contributed by atoms with Crippen molar-refractivity contribution in [3.8, 4) is 11.8 Å². The molecule has 9 aromatic carbocycles. The van der Waals surface area contributed by atoms with Crippen LogP contribution in [0.4, 0.5) is 0 Å². The molecule has 322 valence electrons. The molecule has 6 heteroatoms. The topological polar surface area (TPSA) is 25.8 Å². The molecular formula is C60H42Au2N2P2+2. The third kappa shape index (κ3) is 10.6. The summed E-state index contributed by atoms with van der Waals surface area (Å²) < 4.78 is 0. The molecule has 0 aliphatic heterocycles. The minimum absolute atomic E-state index is 0. The van der Waals surface area contributed by atoms with Crippen LogP contribution in [0, 0.1) is 24.7 Å². The summed E-state index contributed by atoms with van der Waals surface area (Å²) in [5, 5.41) is 14.5. The van der Waals surface area contributed by atoms with E-state index >= 15 is 0 Å². The van der Waals surface area contributed by atoms with Crippen molar-refractivity contribution in [2.24, 2.45) is 0 Å². The molecule has 2 nitrogen and oxygen atoms in total. The average molecular weight is 1250 g/mol. The molecule has 0 spiro atoms. The van der Waals surface area contributed by atoms with E-state index in [9.17, 15) is 0 Å². The van der Waals surface area contributed by atoms with Crippen molar-refractivity contribution in [1.29, 1.82) is 0 Å². The van der Waals surface area contributed by atoms with Crippen molar-refractivity contribution < 1.29 is 44.8 Å². The summed E-state index contributed by atoms with van der Waals surface area (Å²) in [4.78, 5) is 9.64. The van der Waals surface area contributed by atoms with E-state index in [2.05, 4.69) is 157 Å². The molecule has 2 atom stereocenters. The van der Waals surface area contributed by atoms with Crippen molar-refractivity contribution in [1.82, 2.24) is 9.97 Å². The Morgan fingerprint density at radius 2 is 0.606 bits per heavy atom. The maximum atomic E-state index is 7.46. The molecule has 0 aliphatic carbocycles. The normalized spacial score (nSPS) is 11.2. The van der Waals surface area contributed by atoms with Crippen LogP contribution >= 0.6 is 15.8 Å². The van der Waals surface area contributed by atoms with E-state index in [1.54, 1.807) is 0 Å². The van der Waals surface area contributed by atoms with Crippen LogP contribution in [0.2, 0.25) is 0 Å². The number of benzene rings is 9. The Hall–Kier alpha value is -6.22. The van der Waals surface area contributed by atoms with Gasteiger partial charge in [-0.05, 0) is 82.2 Å². The van der Waals surface area contributed by atoms with Gasteiger partial charge in [-0.3, -0.25) is 11.8 Å². The minimum atomic E-state index is -1.28. The molecule has 0 saturated carbocycles. The summed E-state index contributed by atoms with van der Waals surface area (Å²) in [6.07, 6.45) is 18.7. The SMILES string of the molecule is [Au+].[Au+].[C-]#Cc1c2ccccc2cc2ccccc12.[C-]#Cc1c2ccccc2cc2ccccc12.c1ccc([PH+](c2ccccn2)c2ccccc2[PH+](c2ccccc2)c2ccccn2)cc1. The predicted octanol–water partition coefficient (Wildman–Crippen LogP) is 11.3. The van der Waals surface area contributed by atoms with E-state index in [-0.39, 0.29) is 44.8 Å². The van der Waals surface area contributed by atoms with Crippen LogP contribution in [0.3, 0.4) is 0 Å². The molecule has 0 saturated heterocycles. The smallest absolute Gasteiger partial charge is 0.366 e. The summed E-state index contributed by atoms with van der Waals surface area (Å²) in [6, 6.07) is 80.0. The second-order valence-corrected chi connectivity index (χ2v) is 19.9. The fourth-order valence-electron chi connectivity index (χ4n) is 8.33. The first kappa shape index (κ1) is 47.7. The zero-order valence-corrected chi connectivity index (χ0v) is 41.9. The molecule has 0 fully saturated rings. The van der Waals surface area contributed by atoms with E-state index in [4.69, 9.17) is 22.8 Å². The number of pyridine rings is 2. The van der Waals surface area contributed by atoms with Gasteiger partial charge >= 0.3 is 44.8 Å². The Morgan fingerprint density at radius 1 is 0.318 bits per heavy atom. The molecule has 2 aromatic heterocycles. The van der Waals surface area contributed by atoms with Crippen molar-refractivity contribution in [2.75, 3.05) is 0 Å². The number of rotatable bonds is 6. The quantitative estimate of drug-likeness (QED) is 0.0545. The first-order chi connectivity index (χ1) is 31.7. The number of aromatic nitrogens is 2. The van der Waals surface area contributed by atoms with Gasteiger partial charge < -0.3 is 12.8 Å². The van der Waals surface area contributed by atoms with Crippen LogP contribution in [-0.4, -0.2) is 9.97 Å². The first-order valence-corrected chi connectivity index (χ1v) is 24.2. The van der Waals surface area contributed by atoms with E-state index in [1.165, 1.54) is 21.2 Å². The molecule has 11 aromatic rings. The van der Waals surface area contributed by atoms with Crippen molar-refractivity contribution in [3.05, 3.63) is 267 Å². The van der Waals surface area contributed by atoms with Crippen molar-refractivity contribution in [3.63, 3.8) is 0 Å². The number of hydrogen-bond acceptors (Lipinski definition) is 2. The van der Waals surface area contributed by atoms with Gasteiger partial charge in [-0.25, -0.2) is 9.97 Å². The largest absolute Gasteiger partial charge is 1.00 e. The molecule has 0 N–H and O–H groups in total. The Morgan fingerprint density at radius 3 is 0.909 bits per heavy atom. The maximum absolute atomic E-state index is 7.46. The van der Waals surface area contributed by atoms with Gasteiger partial charge in [0.2, 0.25) is 0 Å². The zero-order valence-electron chi connectivity index (χ0n) is 35.6. The van der Waals surface area contributed by atoms with Crippen LogP contribution in [0.25, 0.3) is 43.1 Å². The number of nitrogens with zero attached hydrogens (tertiary/aromatic N) is 2. The maximum Gasteiger partial charge on any atom is 1.00 e. The van der Waals surface area contributed by atoms with E-state index in [0.29, 0.717) is 0 Å². The predicted molar refractivity (Wildman–Crippen MR) is 278 cm³/mol. The Labute approximate surface area is 421 Å². The Bertz CT molecular complexity index is 3010. The van der Waals surface area contributed by atoms with E-state index in [0.717, 1.165) is 65.1 Å². The van der Waals surface area contributed by atoms with Gasteiger partial charge in [0.25, 0.3) is 0 Å². The second-order valence-electron chi connectivity index (χ2n) is 15.1. The molecule has 0 aliphatic rings. The van der Waals surface area contributed by atoms with Crippen LogP contribution in [0.15, 0.2) is 243 Å². The average Bonchev–Trinajstić information content (AvgIpc) is 3.37. The molecule has 0 radical (unpaired) electrons. The first-order valence-electron chi connectivity index (χ1n) is 21.2. The third-order valence-corrected chi connectivity index (χ3v) is 16.9. The summed E-state index contributed by atoms with van der Waals surface area (Å²) >= 11 is 0. The molecule has 2 heterocycles. The molecule has 0 amide bonds. The zero-order chi connectivity index (χ0) is 43.5. The van der Waals surface area contributed by atoms with Gasteiger partial charge in [0, 0.05) is 24.5 Å². The van der Waals surface area contributed by atoms with E-state index < -0.39 is 15.8 Å². The second kappa shape index (κ2) is 23.3. The summed E-state index contributed by atoms with van der Waals surface area (Å²) in [7, 11) is -2.56. The Kier molecular flexibility index (Phi) is 16.8. The monoisotopic (exact) mass is 1250 g/mol. The van der Waals surface area contributed by atoms with Gasteiger partial charge in [-0.1, -0.05) is 179 Å². The molecule has 2 unspecified atom stereocenters. The fraction of sp³-hybridized carbons (Fsp3) is 0. The van der Waals surface area contributed by atoms with Crippen LogP contribution in [0.1, 0.15) is 11.1 Å².